The Labute approximate surface area is 309 Å². The number of anilines is 1. The highest BCUT2D eigenvalue weighted by atomic mass is 32.2. The van der Waals surface area contributed by atoms with Gasteiger partial charge in [-0.05, 0) is 74.4 Å². The molecular weight excluding hydrogens is 755 g/mol. The molecule has 288 valence electrons. The number of nitrogens with two attached hydrogens (primary N) is 1. The van der Waals surface area contributed by atoms with Crippen LogP contribution in [0.3, 0.4) is 0 Å². The van der Waals surface area contributed by atoms with Crippen molar-refractivity contribution in [3.05, 3.63) is 94.1 Å². The van der Waals surface area contributed by atoms with Crippen LogP contribution in [-0.2, 0) is 40.9 Å². The Balaban J connectivity index is 1.37. The van der Waals surface area contributed by atoms with Crippen molar-refractivity contribution in [3.8, 4) is 23.0 Å². The summed E-state index contributed by atoms with van der Waals surface area (Å²) in [6.45, 7) is 1.96. The van der Waals surface area contributed by atoms with Gasteiger partial charge in [0.25, 0.3) is 22.6 Å². The number of fused-ring (bicyclic) bond motifs is 4. The Kier molecular flexibility index (Phi) is 9.21. The van der Waals surface area contributed by atoms with Gasteiger partial charge in [-0.15, -0.1) is 0 Å². The Morgan fingerprint density at radius 2 is 1.80 bits per heavy atom. The average molecular weight is 787 g/mol. The first kappa shape index (κ1) is 37.8. The van der Waals surface area contributed by atoms with Crippen LogP contribution in [0, 0.1) is 29.4 Å². The lowest BCUT2D eigenvalue weighted by molar-refractivity contribution is -0.123. The quantitative estimate of drug-likeness (QED) is 0.113. The van der Waals surface area contributed by atoms with E-state index in [4.69, 9.17) is 10.1 Å². The number of para-hydroxylation sites is 1. The molecule has 3 atom stereocenters. The fourth-order valence-electron chi connectivity index (χ4n) is 7.15. The number of aromatic nitrogens is 5. The number of halogens is 6. The third-order valence-corrected chi connectivity index (χ3v) is 9.78. The van der Waals surface area contributed by atoms with Crippen LogP contribution in [-0.4, -0.2) is 49.6 Å². The first-order valence-corrected chi connectivity index (χ1v) is 18.3. The molecule has 5 aromatic rings. The third kappa shape index (κ3) is 7.49. The molecule has 19 heteroatoms. The van der Waals surface area contributed by atoms with E-state index in [9.17, 15) is 35.9 Å². The molecule has 1 amide bonds. The van der Waals surface area contributed by atoms with Gasteiger partial charge in [-0.2, -0.15) is 27.4 Å². The lowest BCUT2D eigenvalue weighted by Gasteiger charge is -2.23. The second-order valence-corrected chi connectivity index (χ2v) is 15.3. The number of nitrogens with zero attached hydrogens (tertiary/aromatic N) is 5. The summed E-state index contributed by atoms with van der Waals surface area (Å²) < 4.78 is 116. The number of aryl methyl sites for hydroxylation is 1. The summed E-state index contributed by atoms with van der Waals surface area (Å²) in [6.07, 6.45) is -3.48. The van der Waals surface area contributed by atoms with Gasteiger partial charge >= 0.3 is 0 Å². The van der Waals surface area contributed by atoms with Gasteiger partial charge in [0, 0.05) is 41.1 Å². The van der Waals surface area contributed by atoms with E-state index in [-0.39, 0.29) is 41.2 Å². The molecule has 0 radical (unpaired) electrons. The summed E-state index contributed by atoms with van der Waals surface area (Å²) in [5, 5.41) is 26.5. The van der Waals surface area contributed by atoms with Gasteiger partial charge in [0.05, 0.1) is 17.3 Å². The van der Waals surface area contributed by atoms with Crippen molar-refractivity contribution in [1.29, 1.82) is 0 Å². The minimum absolute atomic E-state index is 0.0219. The number of carbonyl (C=O) groups excluding carboxylic acids is 1. The van der Waals surface area contributed by atoms with Crippen molar-refractivity contribution in [3.63, 3.8) is 0 Å². The van der Waals surface area contributed by atoms with Crippen molar-refractivity contribution in [2.24, 2.45) is 18.1 Å². The molecule has 5 N–H and O–H groups in total. The summed E-state index contributed by atoms with van der Waals surface area (Å²) in [5.74, 6) is -3.01. The molecule has 55 heavy (non-hydrogen) atoms. The molecule has 0 unspecified atom stereocenters. The number of rotatable bonds is 10. The highest BCUT2D eigenvalue weighted by Gasteiger charge is 2.67. The van der Waals surface area contributed by atoms with Crippen molar-refractivity contribution < 1.29 is 44.7 Å². The summed E-state index contributed by atoms with van der Waals surface area (Å²) >= 11 is 0. The molecule has 12 nitrogen and oxygen atoms in total. The number of aliphatic hydroxyl groups is 1. The maximum absolute atomic E-state index is 15.3. The Bertz CT molecular complexity index is 2540. The van der Waals surface area contributed by atoms with Crippen LogP contribution in [0.1, 0.15) is 72.6 Å². The number of benzene rings is 2. The maximum atomic E-state index is 15.3. The normalized spacial score (nSPS) is 17.7. The molecule has 3 heterocycles. The molecule has 0 aliphatic heterocycles. The fraction of sp³-hybridized carbons (Fsp3) is 0.333. The van der Waals surface area contributed by atoms with Gasteiger partial charge in [0.1, 0.15) is 40.9 Å². The van der Waals surface area contributed by atoms with Crippen LogP contribution in [0.4, 0.5) is 32.2 Å². The highest BCUT2D eigenvalue weighted by Crippen LogP contribution is 2.68. The minimum atomic E-state index is -4.25. The number of hydrogen-bond donors (Lipinski definition) is 4. The number of pyridine rings is 1. The first-order valence-electron chi connectivity index (χ1n) is 16.7. The minimum Gasteiger partial charge on any atom is -0.378 e. The molecular formula is C36H32F6N8O4S. The highest BCUT2D eigenvalue weighted by molar-refractivity contribution is 7.90. The van der Waals surface area contributed by atoms with Crippen LogP contribution in [0.5, 0.6) is 0 Å². The van der Waals surface area contributed by atoms with E-state index in [2.05, 4.69) is 32.1 Å². The Morgan fingerprint density at radius 1 is 1.09 bits per heavy atom. The van der Waals surface area contributed by atoms with E-state index in [1.807, 2.05) is 0 Å². The van der Waals surface area contributed by atoms with Crippen molar-refractivity contribution in [2.45, 2.75) is 63.1 Å². The van der Waals surface area contributed by atoms with E-state index in [0.717, 1.165) is 12.1 Å². The predicted molar refractivity (Wildman–Crippen MR) is 187 cm³/mol. The van der Waals surface area contributed by atoms with Crippen LogP contribution in [0.25, 0.3) is 22.0 Å². The Hall–Kier alpha value is -5.45. The van der Waals surface area contributed by atoms with E-state index in [0.29, 0.717) is 32.8 Å². The third-order valence-electron chi connectivity index (χ3n) is 9.30. The molecule has 7 rings (SSSR count). The second kappa shape index (κ2) is 13.4. The zero-order chi connectivity index (χ0) is 39.8. The molecule has 3 aromatic heterocycles. The number of amides is 1. The smallest absolute Gasteiger partial charge is 0.297 e. The number of hydrogen-bond acceptors (Lipinski definition) is 7. The zero-order valence-electron chi connectivity index (χ0n) is 29.2. The van der Waals surface area contributed by atoms with E-state index in [1.54, 1.807) is 24.3 Å². The zero-order valence-corrected chi connectivity index (χ0v) is 30.0. The van der Waals surface area contributed by atoms with Gasteiger partial charge < -0.3 is 10.4 Å². The maximum Gasteiger partial charge on any atom is 0.297 e. The fourth-order valence-corrected chi connectivity index (χ4v) is 7.57. The largest absolute Gasteiger partial charge is 0.378 e. The summed E-state index contributed by atoms with van der Waals surface area (Å²) in [5.41, 5.74) is -2.07. The van der Waals surface area contributed by atoms with Gasteiger partial charge in [0.2, 0.25) is 5.91 Å². The first-order chi connectivity index (χ1) is 25.7. The van der Waals surface area contributed by atoms with Gasteiger partial charge in [-0.1, -0.05) is 18.1 Å². The molecule has 0 spiro atoms. The topological polar surface area (TPSA) is 170 Å². The summed E-state index contributed by atoms with van der Waals surface area (Å²) in [7, 11) is -2.72. The lowest BCUT2D eigenvalue weighted by Crippen LogP contribution is -2.35. The number of nitrogens with one attached hydrogen (secondary N) is 2. The van der Waals surface area contributed by atoms with Crippen LogP contribution in [0.15, 0.2) is 48.5 Å². The van der Waals surface area contributed by atoms with E-state index < -0.39 is 81.5 Å². The molecule has 2 aliphatic rings. The second-order valence-electron chi connectivity index (χ2n) is 14.0. The van der Waals surface area contributed by atoms with Gasteiger partial charge in [-0.25, -0.2) is 27.7 Å². The van der Waals surface area contributed by atoms with Gasteiger partial charge in [-0.3, -0.25) is 18.9 Å². The molecule has 1 fully saturated rings. The molecule has 2 aromatic carbocycles. The molecule has 2 aliphatic carbocycles. The lowest BCUT2D eigenvalue weighted by atomic mass is 9.93. The molecule has 0 bridgehead atoms. The van der Waals surface area contributed by atoms with Gasteiger partial charge in [0.15, 0.2) is 5.82 Å². The Morgan fingerprint density at radius 3 is 2.45 bits per heavy atom. The van der Waals surface area contributed by atoms with E-state index >= 15 is 8.78 Å². The SMILES string of the molecule is Cn1nc(NS(N)(=O)=O)c2cccc(-c3ccc(C#CC(C)(C)O)nc3[C@H](Cc3cc(F)cc(F)c3)NC(=O)Cn3nc(C(F)F)c4c3C(F)(F)[C@@H]3C[C@H]43)c21. The van der Waals surface area contributed by atoms with Crippen LogP contribution >= 0.6 is 0 Å². The van der Waals surface area contributed by atoms with Crippen LogP contribution in [0.2, 0.25) is 0 Å². The van der Waals surface area contributed by atoms with Crippen molar-refractivity contribution >= 4 is 32.8 Å². The molecule has 1 saturated carbocycles. The standard InChI is InChI=1S/C36H32F6N8O4S/c1-35(2,52)10-9-20-7-8-21(22-5-4-6-23-31(22)49(3)47-34(23)48-55(43,53)54)29(44-20)26(13-17-11-18(37)14-19(38)12-17)45-27(51)16-50-32-28(30(46-50)33(39)40)24-15-25(24)36(32,41)42/h4-8,11-12,14,24-26,33,52H,13,15-16H2,1-3H3,(H,45,51)(H,47,48)(H2,43,53,54)/t24-,25+,26-/m0/s1. The van der Waals surface area contributed by atoms with E-state index in [1.165, 1.54) is 31.6 Å². The average Bonchev–Trinajstić information content (AvgIpc) is 3.62. The van der Waals surface area contributed by atoms with Crippen molar-refractivity contribution in [1.82, 2.24) is 29.9 Å². The van der Waals surface area contributed by atoms with Crippen molar-refractivity contribution in [2.75, 3.05) is 4.72 Å². The number of carbonyl (C=O) groups is 1. The summed E-state index contributed by atoms with van der Waals surface area (Å²) in [6, 6.07) is 9.25. The van der Waals surface area contributed by atoms with Crippen LogP contribution < -0.4 is 15.2 Å². The molecule has 0 saturated heterocycles. The monoisotopic (exact) mass is 786 g/mol. The number of alkyl halides is 4. The predicted octanol–water partition coefficient (Wildman–Crippen LogP) is 5.09. The summed E-state index contributed by atoms with van der Waals surface area (Å²) in [4.78, 5) is 18.6.